The molecule has 0 N–H and O–H groups in total. The lowest BCUT2D eigenvalue weighted by Gasteiger charge is -2.24. The Labute approximate surface area is 108 Å². The Bertz CT molecular complexity index is 562. The molecule has 1 unspecified atom stereocenters. The van der Waals surface area contributed by atoms with E-state index in [0.29, 0.717) is 24.3 Å². The maximum Gasteiger partial charge on any atom is 0.275 e. The minimum absolute atomic E-state index is 0.354. The number of nitrogens with zero attached hydrogens (tertiary/aromatic N) is 2. The molecule has 2 rings (SSSR count). The summed E-state index contributed by atoms with van der Waals surface area (Å²) in [6, 6.07) is 6.48. The lowest BCUT2D eigenvalue weighted by molar-refractivity contribution is 0.349. The van der Waals surface area contributed by atoms with Crippen molar-refractivity contribution < 1.29 is 8.09 Å². The van der Waals surface area contributed by atoms with Crippen LogP contribution in [-0.2, 0) is 10.3 Å². The van der Waals surface area contributed by atoms with E-state index in [2.05, 4.69) is 10.3 Å². The fourth-order valence-electron chi connectivity index (χ4n) is 1.90. The van der Waals surface area contributed by atoms with Crippen LogP contribution < -0.4 is 0 Å². The molecular weight excluding hydrogens is 251 g/mol. The van der Waals surface area contributed by atoms with Crippen LogP contribution in [0, 0.1) is 12.3 Å². The standard InChI is InChI=1S/C13H15FN2OS/c1-2-12-6-8-13(9-7-12)15-18(14,17)16-10-4-3-5-11-16/h1,6-9H,3-5,10-11H2. The molecule has 0 bridgehead atoms. The number of piperidine rings is 1. The molecular formula is C13H15FN2OS. The smallest absolute Gasteiger partial charge is 0.199 e. The largest absolute Gasteiger partial charge is 0.275 e. The number of rotatable bonds is 2. The zero-order valence-electron chi connectivity index (χ0n) is 10.0. The van der Waals surface area contributed by atoms with E-state index in [4.69, 9.17) is 6.42 Å². The molecule has 0 aromatic heterocycles. The fourth-order valence-corrected chi connectivity index (χ4v) is 3.10. The van der Waals surface area contributed by atoms with Crippen molar-refractivity contribution in [3.8, 4) is 12.3 Å². The van der Waals surface area contributed by atoms with Gasteiger partial charge in [-0.3, -0.25) is 0 Å². The van der Waals surface area contributed by atoms with E-state index in [9.17, 15) is 8.09 Å². The van der Waals surface area contributed by atoms with Crippen LogP contribution in [0.25, 0.3) is 0 Å². The van der Waals surface area contributed by atoms with Crippen molar-refractivity contribution in [1.82, 2.24) is 4.31 Å². The Morgan fingerprint density at radius 2 is 1.83 bits per heavy atom. The molecule has 0 aliphatic carbocycles. The van der Waals surface area contributed by atoms with E-state index in [1.54, 1.807) is 24.3 Å². The van der Waals surface area contributed by atoms with Gasteiger partial charge in [-0.1, -0.05) is 12.3 Å². The first-order chi connectivity index (χ1) is 8.62. The average molecular weight is 266 g/mol. The molecule has 0 saturated carbocycles. The highest BCUT2D eigenvalue weighted by Crippen LogP contribution is 2.21. The highest BCUT2D eigenvalue weighted by molar-refractivity contribution is 7.86. The highest BCUT2D eigenvalue weighted by Gasteiger charge is 2.21. The fraction of sp³-hybridized carbons (Fsp3) is 0.385. The van der Waals surface area contributed by atoms with Crippen molar-refractivity contribution >= 4 is 16.0 Å². The van der Waals surface area contributed by atoms with Gasteiger partial charge in [0.15, 0.2) is 0 Å². The first kappa shape index (κ1) is 13.1. The van der Waals surface area contributed by atoms with E-state index >= 15 is 0 Å². The number of hydrogen-bond acceptors (Lipinski definition) is 2. The SMILES string of the molecule is C#Cc1ccc(N=S(=O)(F)N2CCCCC2)cc1. The monoisotopic (exact) mass is 266 g/mol. The van der Waals surface area contributed by atoms with E-state index < -0.39 is 10.3 Å². The third kappa shape index (κ3) is 3.09. The van der Waals surface area contributed by atoms with Crippen LogP contribution in [0.15, 0.2) is 28.6 Å². The van der Waals surface area contributed by atoms with Crippen molar-refractivity contribution in [3.05, 3.63) is 29.8 Å². The second-order valence-corrected chi connectivity index (χ2v) is 5.77. The highest BCUT2D eigenvalue weighted by atomic mass is 32.3. The third-order valence-corrected chi connectivity index (χ3v) is 4.32. The van der Waals surface area contributed by atoms with Crippen LogP contribution in [0.4, 0.5) is 9.57 Å². The molecule has 0 radical (unpaired) electrons. The molecule has 1 aliphatic heterocycles. The zero-order chi connectivity index (χ0) is 13.0. The van der Waals surface area contributed by atoms with Crippen molar-refractivity contribution in [1.29, 1.82) is 0 Å². The molecule has 1 aromatic carbocycles. The number of terminal acetylenes is 1. The summed E-state index contributed by atoms with van der Waals surface area (Å²) in [4.78, 5) is 0. The molecule has 1 saturated heterocycles. The molecule has 1 aliphatic rings. The Balaban J connectivity index is 2.24. The summed E-state index contributed by atoms with van der Waals surface area (Å²) in [5.41, 5.74) is 1.05. The van der Waals surface area contributed by atoms with Gasteiger partial charge in [-0.25, -0.2) is 0 Å². The average Bonchev–Trinajstić information content (AvgIpc) is 2.40. The maximum absolute atomic E-state index is 14.1. The lowest BCUT2D eigenvalue weighted by atomic mass is 10.2. The lowest BCUT2D eigenvalue weighted by Crippen LogP contribution is -2.32. The number of hydrogen-bond donors (Lipinski definition) is 0. The Kier molecular flexibility index (Phi) is 4.00. The van der Waals surface area contributed by atoms with Crippen LogP contribution in [-0.4, -0.2) is 21.6 Å². The van der Waals surface area contributed by atoms with Crippen molar-refractivity contribution in [2.24, 2.45) is 4.36 Å². The number of halogens is 1. The summed E-state index contributed by atoms with van der Waals surface area (Å²) in [5, 5.41) is 0. The minimum atomic E-state index is -3.80. The van der Waals surface area contributed by atoms with Gasteiger partial charge in [0.2, 0.25) is 0 Å². The van der Waals surface area contributed by atoms with Crippen LogP contribution in [0.3, 0.4) is 0 Å². The predicted octanol–water partition coefficient (Wildman–Crippen LogP) is 3.05. The first-order valence-corrected chi connectivity index (χ1v) is 7.27. The van der Waals surface area contributed by atoms with Gasteiger partial charge in [-0.2, -0.15) is 12.9 Å². The van der Waals surface area contributed by atoms with Crippen LogP contribution >= 0.6 is 0 Å². The summed E-state index contributed by atoms with van der Waals surface area (Å²) in [5.74, 6) is 2.46. The van der Waals surface area contributed by atoms with Gasteiger partial charge in [0, 0.05) is 18.7 Å². The minimum Gasteiger partial charge on any atom is -0.199 e. The Morgan fingerprint density at radius 1 is 1.22 bits per heavy atom. The molecule has 5 heteroatoms. The van der Waals surface area contributed by atoms with Crippen molar-refractivity contribution in [2.45, 2.75) is 19.3 Å². The van der Waals surface area contributed by atoms with Crippen molar-refractivity contribution in [2.75, 3.05) is 13.1 Å². The van der Waals surface area contributed by atoms with Gasteiger partial charge in [0.25, 0.3) is 10.3 Å². The van der Waals surface area contributed by atoms with E-state index in [-0.39, 0.29) is 0 Å². The van der Waals surface area contributed by atoms with Gasteiger partial charge in [-0.15, -0.1) is 10.3 Å². The van der Waals surface area contributed by atoms with Crippen LogP contribution in [0.5, 0.6) is 0 Å². The van der Waals surface area contributed by atoms with Gasteiger partial charge in [0.05, 0.1) is 5.69 Å². The summed E-state index contributed by atoms with van der Waals surface area (Å²) in [6.45, 7) is 1.00. The van der Waals surface area contributed by atoms with Gasteiger partial charge in [-0.05, 0) is 37.1 Å². The molecule has 18 heavy (non-hydrogen) atoms. The zero-order valence-corrected chi connectivity index (χ0v) is 10.8. The topological polar surface area (TPSA) is 32.7 Å². The molecule has 1 heterocycles. The maximum atomic E-state index is 14.1. The summed E-state index contributed by atoms with van der Waals surface area (Å²) in [6.07, 6.45) is 8.02. The quantitative estimate of drug-likeness (QED) is 0.598. The first-order valence-electron chi connectivity index (χ1n) is 5.90. The number of benzene rings is 1. The molecule has 96 valence electrons. The molecule has 0 amide bonds. The Hall–Kier alpha value is -1.38. The normalized spacial score (nSPS) is 19.8. The van der Waals surface area contributed by atoms with E-state index in [1.165, 1.54) is 4.31 Å². The molecule has 1 atom stereocenters. The van der Waals surface area contributed by atoms with Gasteiger partial charge >= 0.3 is 0 Å². The second-order valence-electron chi connectivity index (χ2n) is 4.20. The third-order valence-electron chi connectivity index (χ3n) is 2.89. The van der Waals surface area contributed by atoms with E-state index in [0.717, 1.165) is 19.3 Å². The summed E-state index contributed by atoms with van der Waals surface area (Å²) < 4.78 is 31.0. The van der Waals surface area contributed by atoms with Gasteiger partial charge < -0.3 is 0 Å². The summed E-state index contributed by atoms with van der Waals surface area (Å²) >= 11 is 0. The van der Waals surface area contributed by atoms with Gasteiger partial charge in [0.1, 0.15) is 0 Å². The molecule has 1 fully saturated rings. The molecule has 3 nitrogen and oxygen atoms in total. The molecule has 0 spiro atoms. The van der Waals surface area contributed by atoms with Crippen molar-refractivity contribution in [3.63, 3.8) is 0 Å². The van der Waals surface area contributed by atoms with E-state index in [1.807, 2.05) is 0 Å². The predicted molar refractivity (Wildman–Crippen MR) is 71.1 cm³/mol. The summed E-state index contributed by atoms with van der Waals surface area (Å²) in [7, 11) is -3.80. The molecule has 1 aromatic rings. The Morgan fingerprint density at radius 3 is 2.39 bits per heavy atom. The van der Waals surface area contributed by atoms with Crippen LogP contribution in [0.1, 0.15) is 24.8 Å². The van der Waals surface area contributed by atoms with Crippen LogP contribution in [0.2, 0.25) is 0 Å². The second kappa shape index (κ2) is 5.51.